The van der Waals surface area contributed by atoms with Gasteiger partial charge in [0.1, 0.15) is 24.7 Å². The van der Waals surface area contributed by atoms with Gasteiger partial charge in [-0.25, -0.2) is 0 Å². The van der Waals surface area contributed by atoms with Gasteiger partial charge < -0.3 is 24.6 Å². The van der Waals surface area contributed by atoms with Crippen molar-refractivity contribution in [1.29, 1.82) is 0 Å². The van der Waals surface area contributed by atoms with Crippen LogP contribution in [0.5, 0.6) is 11.5 Å². The molecule has 218 valence electrons. The number of nitrogens with zero attached hydrogens (tertiary/aromatic N) is 2. The second-order valence-electron chi connectivity index (χ2n) is 10.2. The van der Waals surface area contributed by atoms with Crippen LogP contribution in [0.1, 0.15) is 16.7 Å². The molecule has 6 nitrogen and oxygen atoms in total. The van der Waals surface area contributed by atoms with Crippen LogP contribution in [-0.4, -0.2) is 42.9 Å². The van der Waals surface area contributed by atoms with E-state index in [1.807, 2.05) is 48.5 Å². The SMILES string of the molecule is Cc1ccc(N(c2ccc(C)cc2)c2ccc(C=[N+](c3ccc(OCCO)cc3)c3ccc(OCCO)cc3)cc2)cc1. The van der Waals surface area contributed by atoms with Crippen LogP contribution < -0.4 is 18.9 Å². The second-order valence-corrected chi connectivity index (χ2v) is 10.2. The summed E-state index contributed by atoms with van der Waals surface area (Å²) in [6, 6.07) is 41.2. The van der Waals surface area contributed by atoms with Gasteiger partial charge in [0, 0.05) is 46.9 Å². The minimum atomic E-state index is -0.0341. The lowest BCUT2D eigenvalue weighted by atomic mass is 10.1. The molecular weight excluding hydrogens is 536 g/mol. The normalized spacial score (nSPS) is 10.7. The maximum atomic E-state index is 9.10. The largest absolute Gasteiger partial charge is 0.491 e. The Morgan fingerprint density at radius 1 is 0.535 bits per heavy atom. The highest BCUT2D eigenvalue weighted by Crippen LogP contribution is 2.35. The number of rotatable bonds is 12. The number of hydrogen-bond donors (Lipinski definition) is 2. The fourth-order valence-corrected chi connectivity index (χ4v) is 4.72. The summed E-state index contributed by atoms with van der Waals surface area (Å²) in [6.07, 6.45) is 2.10. The van der Waals surface area contributed by atoms with Gasteiger partial charge in [0.2, 0.25) is 11.4 Å². The molecular formula is C37H37N2O4+. The van der Waals surface area contributed by atoms with E-state index in [0.29, 0.717) is 11.5 Å². The maximum Gasteiger partial charge on any atom is 0.211 e. The molecule has 5 aromatic carbocycles. The Kier molecular flexibility index (Phi) is 9.85. The first-order valence-corrected chi connectivity index (χ1v) is 14.4. The summed E-state index contributed by atoms with van der Waals surface area (Å²) in [4.78, 5) is 2.26. The van der Waals surface area contributed by atoms with Gasteiger partial charge in [0.25, 0.3) is 0 Å². The molecule has 0 spiro atoms. The third-order valence-corrected chi connectivity index (χ3v) is 6.96. The van der Waals surface area contributed by atoms with Crippen molar-refractivity contribution < 1.29 is 19.7 Å². The van der Waals surface area contributed by atoms with Gasteiger partial charge in [-0.3, -0.25) is 0 Å². The summed E-state index contributed by atoms with van der Waals surface area (Å²) in [5.74, 6) is 1.39. The van der Waals surface area contributed by atoms with E-state index >= 15 is 0 Å². The molecule has 43 heavy (non-hydrogen) atoms. The zero-order valence-electron chi connectivity index (χ0n) is 24.6. The third-order valence-electron chi connectivity index (χ3n) is 6.96. The first-order chi connectivity index (χ1) is 21.0. The average Bonchev–Trinajstić information content (AvgIpc) is 3.05. The van der Waals surface area contributed by atoms with Gasteiger partial charge in [0.05, 0.1) is 13.2 Å². The average molecular weight is 574 g/mol. The second kappa shape index (κ2) is 14.3. The van der Waals surface area contributed by atoms with Gasteiger partial charge in [-0.1, -0.05) is 35.4 Å². The summed E-state index contributed by atoms with van der Waals surface area (Å²) in [7, 11) is 0. The summed E-state index contributed by atoms with van der Waals surface area (Å²) in [6.45, 7) is 4.63. The van der Waals surface area contributed by atoms with E-state index in [-0.39, 0.29) is 26.4 Å². The van der Waals surface area contributed by atoms with E-state index in [4.69, 9.17) is 19.7 Å². The van der Waals surface area contributed by atoms with Crippen LogP contribution in [-0.2, 0) is 0 Å². The predicted molar refractivity (Wildman–Crippen MR) is 175 cm³/mol. The fraction of sp³-hybridized carbons (Fsp3) is 0.162. The zero-order chi connectivity index (χ0) is 30.0. The quantitative estimate of drug-likeness (QED) is 0.120. The van der Waals surface area contributed by atoms with Crippen LogP contribution in [0.4, 0.5) is 28.4 Å². The molecule has 0 unspecified atom stereocenters. The van der Waals surface area contributed by atoms with E-state index in [9.17, 15) is 0 Å². The Hall–Kier alpha value is -4.91. The van der Waals surface area contributed by atoms with Crippen molar-refractivity contribution in [2.45, 2.75) is 13.8 Å². The molecule has 0 saturated carbocycles. The standard InChI is InChI=1S/C37H37N2O4/c1-28-3-9-33(10-4-28)39(34-11-5-29(2)6-12-34)35-13-7-30(8-14-35)27-38(31-15-19-36(20-16-31)42-25-23-40)32-17-21-37(22-18-32)43-26-24-41/h3-22,27,40-41H,23-26H2,1-2H3/q+1. The van der Waals surface area contributed by atoms with Crippen LogP contribution >= 0.6 is 0 Å². The molecule has 0 bridgehead atoms. The van der Waals surface area contributed by atoms with Crippen molar-refractivity contribution in [2.75, 3.05) is 31.3 Å². The Labute approximate surface area is 253 Å². The zero-order valence-corrected chi connectivity index (χ0v) is 24.6. The van der Waals surface area contributed by atoms with E-state index in [2.05, 4.69) is 102 Å². The fourth-order valence-electron chi connectivity index (χ4n) is 4.72. The first kappa shape index (κ1) is 29.6. The minimum absolute atomic E-state index is 0.0341. The summed E-state index contributed by atoms with van der Waals surface area (Å²) >= 11 is 0. The number of ether oxygens (including phenoxy) is 2. The maximum absolute atomic E-state index is 9.10. The number of aryl methyl sites for hydroxylation is 2. The molecule has 0 aliphatic rings. The van der Waals surface area contributed by atoms with E-state index in [0.717, 1.165) is 34.0 Å². The summed E-state index contributed by atoms with van der Waals surface area (Å²) in [5.41, 5.74) is 8.62. The molecule has 0 aliphatic heterocycles. The van der Waals surface area contributed by atoms with Crippen molar-refractivity contribution >= 4 is 34.7 Å². The van der Waals surface area contributed by atoms with Crippen molar-refractivity contribution in [3.8, 4) is 11.5 Å². The van der Waals surface area contributed by atoms with Crippen LogP contribution in [0, 0.1) is 13.8 Å². The van der Waals surface area contributed by atoms with Crippen LogP contribution in [0.2, 0.25) is 0 Å². The highest BCUT2D eigenvalue weighted by molar-refractivity contribution is 5.87. The number of hydrogen-bond acceptors (Lipinski definition) is 5. The van der Waals surface area contributed by atoms with Crippen molar-refractivity contribution in [3.05, 3.63) is 138 Å². The minimum Gasteiger partial charge on any atom is -0.491 e. The lowest BCUT2D eigenvalue weighted by molar-refractivity contribution is 0.201. The first-order valence-electron chi connectivity index (χ1n) is 14.4. The predicted octanol–water partition coefficient (Wildman–Crippen LogP) is 7.47. The number of benzene rings is 5. The highest BCUT2D eigenvalue weighted by Gasteiger charge is 2.16. The molecule has 0 saturated heterocycles. The monoisotopic (exact) mass is 573 g/mol. The molecule has 0 fully saturated rings. The molecule has 0 amide bonds. The van der Waals surface area contributed by atoms with Crippen molar-refractivity contribution in [1.82, 2.24) is 4.58 Å². The molecule has 6 heteroatoms. The van der Waals surface area contributed by atoms with E-state index < -0.39 is 0 Å². The number of anilines is 3. The van der Waals surface area contributed by atoms with Crippen molar-refractivity contribution in [3.63, 3.8) is 0 Å². The molecule has 5 aromatic rings. The lowest BCUT2D eigenvalue weighted by Gasteiger charge is -2.25. The molecule has 0 aliphatic carbocycles. The summed E-state index contributed by atoms with van der Waals surface area (Å²) in [5, 5.41) is 18.2. The molecule has 0 aromatic heterocycles. The van der Waals surface area contributed by atoms with Crippen LogP contribution in [0.3, 0.4) is 0 Å². The van der Waals surface area contributed by atoms with Gasteiger partial charge in [-0.15, -0.1) is 0 Å². The van der Waals surface area contributed by atoms with Crippen LogP contribution in [0.15, 0.2) is 121 Å². The molecule has 5 rings (SSSR count). The molecule has 0 atom stereocenters. The Bertz CT molecular complexity index is 1510. The Morgan fingerprint density at radius 2 is 0.907 bits per heavy atom. The molecule has 0 radical (unpaired) electrons. The lowest BCUT2D eigenvalue weighted by Crippen LogP contribution is -2.10. The third kappa shape index (κ3) is 7.68. The van der Waals surface area contributed by atoms with Crippen molar-refractivity contribution in [2.24, 2.45) is 0 Å². The highest BCUT2D eigenvalue weighted by atomic mass is 16.5. The molecule has 2 N–H and O–H groups in total. The van der Waals surface area contributed by atoms with E-state index in [1.54, 1.807) is 0 Å². The van der Waals surface area contributed by atoms with E-state index in [1.165, 1.54) is 11.1 Å². The smallest absolute Gasteiger partial charge is 0.211 e. The topological polar surface area (TPSA) is 65.2 Å². The number of aliphatic hydroxyl groups excluding tert-OH is 2. The van der Waals surface area contributed by atoms with Gasteiger partial charge in [-0.2, -0.15) is 4.58 Å². The number of aliphatic hydroxyl groups is 2. The van der Waals surface area contributed by atoms with Gasteiger partial charge >= 0.3 is 0 Å². The Morgan fingerprint density at radius 3 is 1.28 bits per heavy atom. The van der Waals surface area contributed by atoms with Gasteiger partial charge in [0.15, 0.2) is 6.21 Å². The van der Waals surface area contributed by atoms with Gasteiger partial charge in [-0.05, 0) is 86.6 Å². The molecule has 0 heterocycles. The summed E-state index contributed by atoms with van der Waals surface area (Å²) < 4.78 is 13.2. The van der Waals surface area contributed by atoms with Crippen LogP contribution in [0.25, 0.3) is 0 Å². The Balaban J connectivity index is 1.50.